The van der Waals surface area contributed by atoms with Crippen molar-refractivity contribution in [2.75, 3.05) is 7.05 Å². The van der Waals surface area contributed by atoms with Crippen molar-refractivity contribution >= 4 is 33.4 Å². The number of amidine groups is 1. The van der Waals surface area contributed by atoms with Gasteiger partial charge in [-0.25, -0.2) is 8.42 Å². The molecule has 0 unspecified atom stereocenters. The summed E-state index contributed by atoms with van der Waals surface area (Å²) in [7, 11) is -1.95. The molecule has 29 heavy (non-hydrogen) atoms. The van der Waals surface area contributed by atoms with E-state index in [2.05, 4.69) is 9.71 Å². The quantitative estimate of drug-likeness (QED) is 0.757. The second kappa shape index (κ2) is 8.55. The number of sulfonamides is 1. The highest BCUT2D eigenvalue weighted by molar-refractivity contribution is 7.90. The van der Waals surface area contributed by atoms with Crippen molar-refractivity contribution in [3.8, 4) is 0 Å². The summed E-state index contributed by atoms with van der Waals surface area (Å²) in [6.07, 6.45) is 0.724. The van der Waals surface area contributed by atoms with Crippen molar-refractivity contribution in [2.24, 2.45) is 10.9 Å². The standard InChI is InChI=1S/C21H24ClN3O3S/c1-4-14(2)19(21(26)25(3)13-15-9-5-7-11-17(15)22)23-20-16-10-6-8-12-18(16)29(27,28)24-20/h5-12,14,19H,4,13H2,1-3H3,(H,23,24)/t14-,19-/m0/s1. The second-order valence-corrected chi connectivity index (χ2v) is 9.25. The van der Waals surface area contributed by atoms with Crippen LogP contribution in [0.25, 0.3) is 0 Å². The molecule has 1 N–H and O–H groups in total. The summed E-state index contributed by atoms with van der Waals surface area (Å²) >= 11 is 6.23. The van der Waals surface area contributed by atoms with Gasteiger partial charge >= 0.3 is 0 Å². The minimum atomic E-state index is -3.66. The minimum Gasteiger partial charge on any atom is -0.340 e. The number of rotatable bonds is 6. The third kappa shape index (κ3) is 4.46. The van der Waals surface area contributed by atoms with Crippen molar-refractivity contribution in [1.82, 2.24) is 9.62 Å². The Kier molecular flexibility index (Phi) is 6.29. The lowest BCUT2D eigenvalue weighted by Gasteiger charge is -2.25. The van der Waals surface area contributed by atoms with Crippen molar-refractivity contribution in [3.63, 3.8) is 0 Å². The summed E-state index contributed by atoms with van der Waals surface area (Å²) < 4.78 is 27.2. The first-order valence-electron chi connectivity index (χ1n) is 9.43. The molecule has 0 aliphatic carbocycles. The van der Waals surface area contributed by atoms with Crippen LogP contribution in [0.1, 0.15) is 31.4 Å². The number of halogens is 1. The molecule has 0 saturated carbocycles. The Balaban J connectivity index is 1.92. The zero-order chi connectivity index (χ0) is 21.2. The van der Waals surface area contributed by atoms with Crippen LogP contribution in [0.2, 0.25) is 5.02 Å². The van der Waals surface area contributed by atoms with Crippen molar-refractivity contribution in [1.29, 1.82) is 0 Å². The molecule has 154 valence electrons. The number of hydrogen-bond donors (Lipinski definition) is 1. The van der Waals surface area contributed by atoms with E-state index in [1.54, 1.807) is 36.2 Å². The number of nitrogens with one attached hydrogen (secondary N) is 1. The van der Waals surface area contributed by atoms with Crippen molar-refractivity contribution < 1.29 is 13.2 Å². The van der Waals surface area contributed by atoms with E-state index in [4.69, 9.17) is 11.6 Å². The molecule has 0 spiro atoms. The molecular formula is C21H24ClN3O3S. The molecule has 2 atom stereocenters. The lowest BCUT2D eigenvalue weighted by Crippen LogP contribution is -2.40. The van der Waals surface area contributed by atoms with Gasteiger partial charge in [-0.1, -0.05) is 62.2 Å². The number of fused-ring (bicyclic) bond motifs is 1. The van der Waals surface area contributed by atoms with Gasteiger partial charge in [0.05, 0.1) is 4.90 Å². The average molecular weight is 434 g/mol. The molecule has 6 nitrogen and oxygen atoms in total. The maximum Gasteiger partial charge on any atom is 0.263 e. The lowest BCUT2D eigenvalue weighted by molar-refractivity contribution is -0.132. The minimum absolute atomic E-state index is 0.0686. The van der Waals surface area contributed by atoms with Gasteiger partial charge in [0, 0.05) is 24.2 Å². The number of carbonyl (C=O) groups is 1. The smallest absolute Gasteiger partial charge is 0.263 e. The lowest BCUT2D eigenvalue weighted by atomic mass is 9.98. The average Bonchev–Trinajstić information content (AvgIpc) is 2.97. The van der Waals surface area contributed by atoms with E-state index in [1.807, 2.05) is 32.0 Å². The first-order chi connectivity index (χ1) is 13.7. The molecule has 2 aromatic rings. The number of carbonyl (C=O) groups excluding carboxylic acids is 1. The third-order valence-corrected chi connectivity index (χ3v) is 6.87. The van der Waals surface area contributed by atoms with Crippen LogP contribution in [0.15, 0.2) is 58.4 Å². The van der Waals surface area contributed by atoms with Crippen LogP contribution in [0, 0.1) is 5.92 Å². The zero-order valence-electron chi connectivity index (χ0n) is 16.6. The molecule has 0 aromatic heterocycles. The van der Waals surface area contributed by atoms with Crippen LogP contribution in [0.4, 0.5) is 0 Å². The summed E-state index contributed by atoms with van der Waals surface area (Å²) in [5.41, 5.74) is 1.33. The Bertz CT molecular complexity index is 1050. The van der Waals surface area contributed by atoms with Crippen LogP contribution in [0.5, 0.6) is 0 Å². The SMILES string of the molecule is CC[C@H](C)[C@H](N=C1NS(=O)(=O)c2ccccc21)C(=O)N(C)Cc1ccccc1Cl. The highest BCUT2D eigenvalue weighted by Crippen LogP contribution is 2.25. The molecule has 2 aromatic carbocycles. The van der Waals surface area contributed by atoms with E-state index < -0.39 is 16.1 Å². The first kappa shape index (κ1) is 21.3. The highest BCUT2D eigenvalue weighted by atomic mass is 35.5. The Labute approximate surface area is 176 Å². The van der Waals surface area contributed by atoms with Gasteiger partial charge in [-0.3, -0.25) is 14.5 Å². The largest absolute Gasteiger partial charge is 0.340 e. The fraction of sp³-hybridized carbons (Fsp3) is 0.333. The van der Waals surface area contributed by atoms with Gasteiger partial charge < -0.3 is 4.90 Å². The van der Waals surface area contributed by atoms with Gasteiger partial charge in [0.25, 0.3) is 10.0 Å². The van der Waals surface area contributed by atoms with E-state index in [0.29, 0.717) is 17.1 Å². The van der Waals surface area contributed by atoms with E-state index >= 15 is 0 Å². The van der Waals surface area contributed by atoms with Gasteiger partial charge in [0.15, 0.2) is 0 Å². The number of aliphatic imine (C=N–C) groups is 1. The van der Waals surface area contributed by atoms with E-state index in [1.165, 1.54) is 6.07 Å². The van der Waals surface area contributed by atoms with Crippen LogP contribution in [0.3, 0.4) is 0 Å². The number of hydrogen-bond acceptors (Lipinski definition) is 4. The van der Waals surface area contributed by atoms with Crippen LogP contribution in [-0.4, -0.2) is 38.2 Å². The Morgan fingerprint density at radius 2 is 1.83 bits per heavy atom. The zero-order valence-corrected chi connectivity index (χ0v) is 18.2. The fourth-order valence-electron chi connectivity index (χ4n) is 3.20. The molecule has 0 bridgehead atoms. The summed E-state index contributed by atoms with van der Waals surface area (Å²) in [5.74, 6) is -0.0401. The molecule has 0 radical (unpaired) electrons. The molecule has 1 heterocycles. The molecule has 8 heteroatoms. The number of nitrogens with zero attached hydrogens (tertiary/aromatic N) is 2. The maximum atomic E-state index is 13.2. The summed E-state index contributed by atoms with van der Waals surface area (Å²) in [6, 6.07) is 13.3. The highest BCUT2D eigenvalue weighted by Gasteiger charge is 2.33. The molecule has 3 rings (SSSR count). The summed E-state index contributed by atoms with van der Waals surface area (Å²) in [6.45, 7) is 4.26. The first-order valence-corrected chi connectivity index (χ1v) is 11.3. The van der Waals surface area contributed by atoms with Crippen LogP contribution < -0.4 is 4.72 Å². The number of amides is 1. The van der Waals surface area contributed by atoms with Gasteiger partial charge in [-0.05, 0) is 29.7 Å². The second-order valence-electron chi connectivity index (χ2n) is 7.20. The fourth-order valence-corrected chi connectivity index (χ4v) is 4.64. The van der Waals surface area contributed by atoms with Crippen molar-refractivity contribution in [3.05, 3.63) is 64.7 Å². The van der Waals surface area contributed by atoms with E-state index in [9.17, 15) is 13.2 Å². The predicted octanol–water partition coefficient (Wildman–Crippen LogP) is 3.45. The van der Waals surface area contributed by atoms with E-state index in [-0.39, 0.29) is 22.6 Å². The molecule has 1 aliphatic rings. The normalized spacial score (nSPS) is 18.0. The van der Waals surface area contributed by atoms with Gasteiger partial charge in [-0.15, -0.1) is 0 Å². The predicted molar refractivity (Wildman–Crippen MR) is 114 cm³/mol. The summed E-state index contributed by atoms with van der Waals surface area (Å²) in [5, 5.41) is 0.594. The maximum absolute atomic E-state index is 13.2. The Morgan fingerprint density at radius 3 is 2.52 bits per heavy atom. The van der Waals surface area contributed by atoms with Crippen LogP contribution >= 0.6 is 11.6 Å². The number of benzene rings is 2. The third-order valence-electron chi connectivity index (χ3n) is 5.11. The van der Waals surface area contributed by atoms with Crippen molar-refractivity contribution in [2.45, 2.75) is 37.8 Å². The molecule has 0 fully saturated rings. The monoisotopic (exact) mass is 433 g/mol. The number of likely N-dealkylation sites (N-methyl/N-ethyl adjacent to an activating group) is 1. The Hall–Kier alpha value is -2.38. The molecular weight excluding hydrogens is 410 g/mol. The molecule has 0 saturated heterocycles. The summed E-state index contributed by atoms with van der Waals surface area (Å²) in [4.78, 5) is 19.5. The topological polar surface area (TPSA) is 78.8 Å². The Morgan fingerprint density at radius 1 is 1.17 bits per heavy atom. The molecule has 1 aliphatic heterocycles. The van der Waals surface area contributed by atoms with E-state index in [0.717, 1.165) is 12.0 Å². The van der Waals surface area contributed by atoms with Gasteiger partial charge in [0.2, 0.25) is 5.91 Å². The molecule has 1 amide bonds. The van der Waals surface area contributed by atoms with Gasteiger partial charge in [-0.2, -0.15) is 0 Å². The van der Waals surface area contributed by atoms with Crippen LogP contribution in [-0.2, 0) is 21.4 Å². The van der Waals surface area contributed by atoms with Gasteiger partial charge in [0.1, 0.15) is 11.9 Å².